The Morgan fingerprint density at radius 1 is 1.44 bits per heavy atom. The van der Waals surface area contributed by atoms with Crippen LogP contribution in [0, 0.1) is 0 Å². The first-order chi connectivity index (χ1) is 7.56. The Labute approximate surface area is 98.2 Å². The SMILES string of the molecule is C[C@@H](N)Cc1cc2cc(Cl)ccc2[nH]c1=O. The Morgan fingerprint density at radius 3 is 2.88 bits per heavy atom. The van der Waals surface area contributed by atoms with E-state index in [0.29, 0.717) is 17.0 Å². The number of fused-ring (bicyclic) bond motifs is 1. The Bertz CT molecular complexity index is 575. The summed E-state index contributed by atoms with van der Waals surface area (Å²) in [5, 5.41) is 1.59. The molecule has 2 rings (SSSR count). The number of hydrogen-bond donors (Lipinski definition) is 2. The third-order valence-electron chi connectivity index (χ3n) is 2.43. The van der Waals surface area contributed by atoms with Crippen LogP contribution in [0.25, 0.3) is 10.9 Å². The molecule has 0 saturated carbocycles. The molecule has 3 N–H and O–H groups in total. The lowest BCUT2D eigenvalue weighted by atomic mass is 10.1. The van der Waals surface area contributed by atoms with Gasteiger partial charge in [-0.3, -0.25) is 4.79 Å². The molecular weight excluding hydrogens is 224 g/mol. The Morgan fingerprint density at radius 2 is 2.19 bits per heavy atom. The number of H-pyrrole nitrogens is 1. The number of pyridine rings is 1. The van der Waals surface area contributed by atoms with Gasteiger partial charge in [0, 0.05) is 22.1 Å². The van der Waals surface area contributed by atoms with Gasteiger partial charge < -0.3 is 10.7 Å². The van der Waals surface area contributed by atoms with E-state index in [4.69, 9.17) is 17.3 Å². The van der Waals surface area contributed by atoms with E-state index < -0.39 is 0 Å². The highest BCUT2D eigenvalue weighted by atomic mass is 35.5. The predicted molar refractivity (Wildman–Crippen MR) is 66.9 cm³/mol. The summed E-state index contributed by atoms with van der Waals surface area (Å²) in [7, 11) is 0. The first-order valence-corrected chi connectivity index (χ1v) is 5.51. The summed E-state index contributed by atoms with van der Waals surface area (Å²) in [6, 6.07) is 7.21. The average molecular weight is 237 g/mol. The van der Waals surface area contributed by atoms with Gasteiger partial charge in [-0.15, -0.1) is 0 Å². The van der Waals surface area contributed by atoms with Gasteiger partial charge in [-0.2, -0.15) is 0 Å². The second kappa shape index (κ2) is 4.28. The van der Waals surface area contributed by atoms with Crippen molar-refractivity contribution < 1.29 is 0 Å². The summed E-state index contributed by atoms with van der Waals surface area (Å²) in [5.41, 5.74) is 7.10. The van der Waals surface area contributed by atoms with Crippen molar-refractivity contribution in [2.75, 3.05) is 0 Å². The van der Waals surface area contributed by atoms with Gasteiger partial charge in [0.25, 0.3) is 5.56 Å². The smallest absolute Gasteiger partial charge is 0.251 e. The van der Waals surface area contributed by atoms with E-state index in [2.05, 4.69) is 4.98 Å². The second-order valence-corrected chi connectivity index (χ2v) is 4.47. The molecule has 0 unspecified atom stereocenters. The van der Waals surface area contributed by atoms with E-state index >= 15 is 0 Å². The first kappa shape index (κ1) is 11.2. The van der Waals surface area contributed by atoms with Crippen molar-refractivity contribution in [1.29, 1.82) is 0 Å². The number of aromatic amines is 1. The van der Waals surface area contributed by atoms with E-state index in [1.165, 1.54) is 0 Å². The molecule has 1 heterocycles. The molecule has 0 radical (unpaired) electrons. The van der Waals surface area contributed by atoms with Crippen LogP contribution in [0.2, 0.25) is 5.02 Å². The topological polar surface area (TPSA) is 58.9 Å². The highest BCUT2D eigenvalue weighted by molar-refractivity contribution is 6.31. The highest BCUT2D eigenvalue weighted by Crippen LogP contribution is 2.17. The van der Waals surface area contributed by atoms with Crippen LogP contribution in [0.1, 0.15) is 12.5 Å². The zero-order valence-electron chi connectivity index (χ0n) is 8.96. The maximum Gasteiger partial charge on any atom is 0.251 e. The number of nitrogens with one attached hydrogen (secondary N) is 1. The monoisotopic (exact) mass is 236 g/mol. The summed E-state index contributed by atoms with van der Waals surface area (Å²) in [6.45, 7) is 1.88. The molecule has 84 valence electrons. The minimum absolute atomic E-state index is 0.0299. The quantitative estimate of drug-likeness (QED) is 0.839. The molecule has 0 fully saturated rings. The fraction of sp³-hybridized carbons (Fsp3) is 0.250. The van der Waals surface area contributed by atoms with Gasteiger partial charge in [0.1, 0.15) is 0 Å². The standard InChI is InChI=1S/C12H13ClN2O/c1-7(14)4-9-5-8-6-10(13)2-3-11(8)15-12(9)16/h2-3,5-7H,4,14H2,1H3,(H,15,16)/t7-/m1/s1. The lowest BCUT2D eigenvalue weighted by molar-refractivity contribution is 0.732. The van der Waals surface area contributed by atoms with Crippen molar-refractivity contribution >= 4 is 22.5 Å². The lowest BCUT2D eigenvalue weighted by Gasteiger charge is -2.06. The van der Waals surface area contributed by atoms with E-state index in [1.54, 1.807) is 12.1 Å². The maximum absolute atomic E-state index is 11.7. The van der Waals surface area contributed by atoms with Crippen molar-refractivity contribution in [1.82, 2.24) is 4.98 Å². The van der Waals surface area contributed by atoms with Gasteiger partial charge in [-0.05, 0) is 43.0 Å². The van der Waals surface area contributed by atoms with Gasteiger partial charge in [0.2, 0.25) is 0 Å². The molecule has 3 nitrogen and oxygen atoms in total. The number of benzene rings is 1. The van der Waals surface area contributed by atoms with Crippen LogP contribution in [-0.2, 0) is 6.42 Å². The molecule has 2 aromatic rings. The first-order valence-electron chi connectivity index (χ1n) is 5.13. The molecule has 16 heavy (non-hydrogen) atoms. The van der Waals surface area contributed by atoms with Gasteiger partial charge in [-0.25, -0.2) is 0 Å². The summed E-state index contributed by atoms with van der Waals surface area (Å²) >= 11 is 5.90. The second-order valence-electron chi connectivity index (χ2n) is 4.04. The molecule has 0 saturated heterocycles. The minimum atomic E-state index is -0.0767. The van der Waals surface area contributed by atoms with E-state index in [0.717, 1.165) is 10.9 Å². The summed E-state index contributed by atoms with van der Waals surface area (Å²) in [5.74, 6) is 0. The molecule has 1 aromatic carbocycles. The molecule has 0 bridgehead atoms. The van der Waals surface area contributed by atoms with Crippen molar-refractivity contribution in [2.24, 2.45) is 5.73 Å². The number of nitrogens with two attached hydrogens (primary N) is 1. The van der Waals surface area contributed by atoms with Crippen molar-refractivity contribution in [2.45, 2.75) is 19.4 Å². The largest absolute Gasteiger partial charge is 0.328 e. The maximum atomic E-state index is 11.7. The third kappa shape index (κ3) is 2.26. The average Bonchev–Trinajstić information content (AvgIpc) is 2.19. The number of halogens is 1. The normalized spacial score (nSPS) is 12.9. The van der Waals surface area contributed by atoms with Crippen LogP contribution >= 0.6 is 11.6 Å². The minimum Gasteiger partial charge on any atom is -0.328 e. The Balaban J connectivity index is 2.60. The predicted octanol–water partition coefficient (Wildman–Crippen LogP) is 2.07. The Hall–Kier alpha value is -1.32. The van der Waals surface area contributed by atoms with Crippen LogP contribution in [0.4, 0.5) is 0 Å². The molecule has 0 aliphatic rings. The van der Waals surface area contributed by atoms with Crippen molar-refractivity contribution in [3.63, 3.8) is 0 Å². The zero-order chi connectivity index (χ0) is 11.7. The molecule has 0 aliphatic carbocycles. The summed E-state index contributed by atoms with van der Waals surface area (Å²) in [4.78, 5) is 14.5. The number of hydrogen-bond acceptors (Lipinski definition) is 2. The molecule has 1 atom stereocenters. The van der Waals surface area contributed by atoms with Crippen LogP contribution < -0.4 is 11.3 Å². The van der Waals surface area contributed by atoms with Gasteiger partial charge >= 0.3 is 0 Å². The van der Waals surface area contributed by atoms with Crippen LogP contribution in [0.15, 0.2) is 29.1 Å². The van der Waals surface area contributed by atoms with E-state index in [1.807, 2.05) is 19.1 Å². The van der Waals surface area contributed by atoms with Crippen LogP contribution in [0.5, 0.6) is 0 Å². The van der Waals surface area contributed by atoms with E-state index in [-0.39, 0.29) is 11.6 Å². The van der Waals surface area contributed by atoms with E-state index in [9.17, 15) is 4.79 Å². The molecule has 4 heteroatoms. The summed E-state index contributed by atoms with van der Waals surface area (Å²) in [6.07, 6.45) is 0.567. The zero-order valence-corrected chi connectivity index (χ0v) is 9.71. The van der Waals surface area contributed by atoms with Crippen LogP contribution in [-0.4, -0.2) is 11.0 Å². The molecular formula is C12H13ClN2O. The fourth-order valence-electron chi connectivity index (χ4n) is 1.72. The molecule has 0 aliphatic heterocycles. The van der Waals surface area contributed by atoms with Gasteiger partial charge in [0.15, 0.2) is 0 Å². The Kier molecular flexibility index (Phi) is 2.99. The van der Waals surface area contributed by atoms with Crippen molar-refractivity contribution in [3.05, 3.63) is 45.2 Å². The van der Waals surface area contributed by atoms with Crippen LogP contribution in [0.3, 0.4) is 0 Å². The van der Waals surface area contributed by atoms with Gasteiger partial charge in [0.05, 0.1) is 0 Å². The third-order valence-corrected chi connectivity index (χ3v) is 2.66. The highest BCUT2D eigenvalue weighted by Gasteiger charge is 2.05. The summed E-state index contributed by atoms with van der Waals surface area (Å²) < 4.78 is 0. The van der Waals surface area contributed by atoms with Crippen molar-refractivity contribution in [3.8, 4) is 0 Å². The lowest BCUT2D eigenvalue weighted by Crippen LogP contribution is -2.23. The van der Waals surface area contributed by atoms with Gasteiger partial charge in [-0.1, -0.05) is 11.6 Å². The molecule has 0 amide bonds. The molecule has 0 spiro atoms. The number of aromatic nitrogens is 1. The molecule has 1 aromatic heterocycles. The fourth-order valence-corrected chi connectivity index (χ4v) is 1.90. The number of rotatable bonds is 2.